The number of aryl methyl sites for hydroxylation is 1. The van der Waals surface area contributed by atoms with Crippen LogP contribution in [-0.2, 0) is 24.2 Å². The van der Waals surface area contributed by atoms with Crippen molar-refractivity contribution < 1.29 is 24.9 Å². The van der Waals surface area contributed by atoms with Crippen LogP contribution in [0.15, 0.2) is 64.4 Å². The second kappa shape index (κ2) is 14.4. The van der Waals surface area contributed by atoms with Crippen LogP contribution in [-0.4, -0.2) is 51.6 Å². The van der Waals surface area contributed by atoms with Crippen molar-refractivity contribution in [3.05, 3.63) is 81.7 Å². The maximum Gasteiger partial charge on any atom is 0.163 e. The van der Waals surface area contributed by atoms with Gasteiger partial charge in [-0.25, -0.2) is 0 Å². The number of phenols is 1. The summed E-state index contributed by atoms with van der Waals surface area (Å²) in [5.41, 5.74) is 18.2. The average Bonchev–Trinajstić information content (AvgIpc) is 3.53. The molecule has 1 unspecified atom stereocenters. The van der Waals surface area contributed by atoms with Crippen molar-refractivity contribution in [2.75, 3.05) is 13.3 Å². The number of aromatic hydroxyl groups is 1. The molecular formula is C32H42N4O5. The molecule has 0 bridgehead atoms. The van der Waals surface area contributed by atoms with Gasteiger partial charge >= 0.3 is 0 Å². The Hall–Kier alpha value is -3.50. The number of Topliss-reactive ketones (excluding diaryl/α,β-unsaturated/α-hetero) is 1. The Balaban J connectivity index is 1.32. The predicted molar refractivity (Wildman–Crippen MR) is 159 cm³/mol. The number of aliphatic hydroxyl groups excluding tert-OH is 2. The summed E-state index contributed by atoms with van der Waals surface area (Å²) in [4.78, 5) is 18.9. The molecule has 2 aliphatic heterocycles. The molecule has 0 saturated heterocycles. The number of phenolic OH excluding ortho intramolecular Hbond substituents is 1. The van der Waals surface area contributed by atoms with Crippen molar-refractivity contribution in [2.45, 2.75) is 77.2 Å². The van der Waals surface area contributed by atoms with Gasteiger partial charge in [-0.1, -0.05) is 50.5 Å². The molecule has 0 fully saturated rings. The first kappa shape index (κ1) is 30.5. The summed E-state index contributed by atoms with van der Waals surface area (Å²) >= 11 is 0. The van der Waals surface area contributed by atoms with Crippen LogP contribution in [0.3, 0.4) is 0 Å². The fraction of sp³-hybridized carbons (Fsp3) is 0.438. The van der Waals surface area contributed by atoms with Gasteiger partial charge in [-0.15, -0.1) is 0 Å². The zero-order valence-corrected chi connectivity index (χ0v) is 23.8. The molecule has 0 amide bonds. The van der Waals surface area contributed by atoms with Gasteiger partial charge in [0.2, 0.25) is 0 Å². The summed E-state index contributed by atoms with van der Waals surface area (Å²) in [6.07, 6.45) is 8.00. The van der Waals surface area contributed by atoms with E-state index in [0.29, 0.717) is 38.0 Å². The number of unbranched alkanes of at least 4 members (excludes halogenated alkanes) is 2. The molecule has 0 radical (unpaired) electrons. The van der Waals surface area contributed by atoms with E-state index in [1.807, 2.05) is 35.5 Å². The standard InChI is InChI=1S/C32H42N4O5/c1-2-3-4-5-26(38)15-27(39)10-6-21-7-11-30(40)31(12-21)41-20-36-17-28-25(16-35-29(28)18-36)14-24-13-22(32(33)34)8-9-23(24)19-37/h7-9,11-13,16,18,26,32,37-38,40H,2-6,10,14-15,17,19-20,33-34H2,1H3. The van der Waals surface area contributed by atoms with E-state index in [0.717, 1.165) is 58.4 Å². The zero-order valence-electron chi connectivity index (χ0n) is 23.8. The van der Waals surface area contributed by atoms with E-state index < -0.39 is 12.3 Å². The van der Waals surface area contributed by atoms with Crippen LogP contribution < -0.4 is 16.2 Å². The maximum absolute atomic E-state index is 12.3. The fourth-order valence-electron chi connectivity index (χ4n) is 5.16. The monoisotopic (exact) mass is 562 g/mol. The van der Waals surface area contributed by atoms with Gasteiger partial charge in [0.25, 0.3) is 0 Å². The van der Waals surface area contributed by atoms with Crippen LogP contribution in [0.4, 0.5) is 0 Å². The number of rotatable bonds is 16. The largest absolute Gasteiger partial charge is 0.504 e. The highest BCUT2D eigenvalue weighted by Crippen LogP contribution is 2.33. The molecule has 41 heavy (non-hydrogen) atoms. The minimum atomic E-state index is -0.588. The number of nitrogens with zero attached hydrogens (tertiary/aromatic N) is 2. The zero-order chi connectivity index (χ0) is 29.4. The number of ether oxygens (including phenoxy) is 1. The number of fused-ring (bicyclic) bond motifs is 1. The summed E-state index contributed by atoms with van der Waals surface area (Å²) in [5, 5.41) is 30.3. The minimum Gasteiger partial charge on any atom is -0.504 e. The lowest BCUT2D eigenvalue weighted by atomic mass is 9.95. The molecule has 9 heteroatoms. The molecule has 7 N–H and O–H groups in total. The fourth-order valence-corrected chi connectivity index (χ4v) is 5.16. The topological polar surface area (TPSA) is 155 Å². The van der Waals surface area contributed by atoms with Gasteiger partial charge in [-0.3, -0.25) is 9.79 Å². The Morgan fingerprint density at radius 3 is 2.73 bits per heavy atom. The number of ketones is 1. The lowest BCUT2D eigenvalue weighted by molar-refractivity contribution is -0.121. The van der Waals surface area contributed by atoms with Gasteiger partial charge in [0.15, 0.2) is 18.2 Å². The summed E-state index contributed by atoms with van der Waals surface area (Å²) in [6, 6.07) is 10.8. The lowest BCUT2D eigenvalue weighted by Gasteiger charge is -2.18. The first-order valence-electron chi connectivity index (χ1n) is 14.4. The maximum atomic E-state index is 12.3. The molecule has 0 aromatic heterocycles. The smallest absolute Gasteiger partial charge is 0.163 e. The van der Waals surface area contributed by atoms with Crippen LogP contribution in [0.25, 0.3) is 0 Å². The molecule has 2 heterocycles. The highest BCUT2D eigenvalue weighted by Gasteiger charge is 2.25. The second-order valence-electron chi connectivity index (χ2n) is 10.9. The Morgan fingerprint density at radius 1 is 1.15 bits per heavy atom. The Bertz CT molecular complexity index is 1320. The summed E-state index contributed by atoms with van der Waals surface area (Å²) in [7, 11) is 0. The first-order valence-corrected chi connectivity index (χ1v) is 14.4. The molecule has 2 aliphatic rings. The van der Waals surface area contributed by atoms with Crippen molar-refractivity contribution in [2.24, 2.45) is 16.5 Å². The summed E-state index contributed by atoms with van der Waals surface area (Å²) in [6.45, 7) is 2.86. The number of hydrogen-bond acceptors (Lipinski definition) is 9. The highest BCUT2D eigenvalue weighted by atomic mass is 16.5. The quantitative estimate of drug-likeness (QED) is 0.153. The third-order valence-electron chi connectivity index (χ3n) is 7.60. The second-order valence-corrected chi connectivity index (χ2v) is 10.9. The Kier molecular flexibility index (Phi) is 10.7. The molecule has 4 rings (SSSR count). The predicted octanol–water partition coefficient (Wildman–Crippen LogP) is 3.75. The van der Waals surface area contributed by atoms with Crippen molar-refractivity contribution in [3.63, 3.8) is 0 Å². The van der Waals surface area contributed by atoms with Gasteiger partial charge in [0.1, 0.15) is 5.78 Å². The number of allylic oxidation sites excluding steroid dienone is 1. The van der Waals surface area contributed by atoms with Gasteiger partial charge in [0, 0.05) is 37.4 Å². The van der Waals surface area contributed by atoms with E-state index in [1.54, 1.807) is 18.2 Å². The van der Waals surface area contributed by atoms with Crippen molar-refractivity contribution in [1.29, 1.82) is 0 Å². The van der Waals surface area contributed by atoms with Crippen molar-refractivity contribution in [1.82, 2.24) is 4.90 Å². The number of nitrogens with two attached hydrogens (primary N) is 2. The van der Waals surface area contributed by atoms with Crippen molar-refractivity contribution in [3.8, 4) is 11.5 Å². The average molecular weight is 563 g/mol. The highest BCUT2D eigenvalue weighted by molar-refractivity contribution is 5.87. The number of aliphatic imine (C=N–C) groups is 1. The van der Waals surface area contributed by atoms with E-state index in [2.05, 4.69) is 11.9 Å². The summed E-state index contributed by atoms with van der Waals surface area (Å²) < 4.78 is 5.96. The molecule has 0 saturated carbocycles. The van der Waals surface area contributed by atoms with Crippen LogP contribution >= 0.6 is 0 Å². The molecule has 1 atom stereocenters. The summed E-state index contributed by atoms with van der Waals surface area (Å²) in [5.74, 6) is 0.421. The van der Waals surface area contributed by atoms with E-state index >= 15 is 0 Å². The third-order valence-corrected chi connectivity index (χ3v) is 7.60. The third kappa shape index (κ3) is 8.27. The molecule has 220 valence electrons. The molecule has 0 aliphatic carbocycles. The molecule has 9 nitrogen and oxygen atoms in total. The molecule has 0 spiro atoms. The van der Waals surface area contributed by atoms with Gasteiger partial charge in [-0.05, 0) is 59.2 Å². The van der Waals surface area contributed by atoms with Gasteiger partial charge < -0.3 is 36.4 Å². The molecule has 2 aromatic carbocycles. The van der Waals surface area contributed by atoms with Crippen LogP contribution in [0, 0.1) is 0 Å². The van der Waals surface area contributed by atoms with E-state index in [4.69, 9.17) is 16.2 Å². The van der Waals surface area contributed by atoms with Crippen LogP contribution in [0.2, 0.25) is 0 Å². The minimum absolute atomic E-state index is 0.0333. The van der Waals surface area contributed by atoms with Crippen molar-refractivity contribution >= 4 is 12.0 Å². The van der Waals surface area contributed by atoms with E-state index in [1.165, 1.54) is 0 Å². The number of aliphatic hydroxyl groups is 2. The molecular weight excluding hydrogens is 520 g/mol. The van der Waals surface area contributed by atoms with Crippen LogP contribution in [0.5, 0.6) is 11.5 Å². The van der Waals surface area contributed by atoms with E-state index in [-0.39, 0.29) is 31.3 Å². The number of hydrogen-bond donors (Lipinski definition) is 5. The van der Waals surface area contributed by atoms with Gasteiger partial charge in [-0.2, -0.15) is 0 Å². The normalized spacial score (nSPS) is 15.1. The van der Waals surface area contributed by atoms with Gasteiger partial charge in [0.05, 0.1) is 24.6 Å². The number of carbonyl (C=O) groups is 1. The Morgan fingerprint density at radius 2 is 1.98 bits per heavy atom. The van der Waals surface area contributed by atoms with Crippen LogP contribution in [0.1, 0.15) is 73.9 Å². The SMILES string of the molecule is CCCCCC(O)CC(=O)CCc1ccc(O)c(OCN2C=C3N=CC(Cc4cc(C(N)N)ccc4CO)=C3C2)c1. The Labute approximate surface area is 241 Å². The first-order chi connectivity index (χ1) is 19.8. The lowest BCUT2D eigenvalue weighted by Crippen LogP contribution is -2.22. The number of benzene rings is 2. The van der Waals surface area contributed by atoms with E-state index in [9.17, 15) is 20.1 Å². The molecule has 2 aromatic rings. The number of carbonyl (C=O) groups excluding carboxylic acids is 1.